The zero-order valence-corrected chi connectivity index (χ0v) is 16.3. The number of benzene rings is 1. The van der Waals surface area contributed by atoms with Crippen molar-refractivity contribution in [2.75, 3.05) is 0 Å². The van der Waals surface area contributed by atoms with Gasteiger partial charge in [0.05, 0.1) is 21.7 Å². The van der Waals surface area contributed by atoms with Gasteiger partial charge in [-0.15, -0.1) is 0 Å². The molecular formula is C20H18Cl2N2O3. The summed E-state index contributed by atoms with van der Waals surface area (Å²) in [6.45, 7) is 3.64. The monoisotopic (exact) mass is 404 g/mol. The highest BCUT2D eigenvalue weighted by Gasteiger charge is 2.44. The molecule has 1 amide bonds. The van der Waals surface area contributed by atoms with Crippen molar-refractivity contribution in [3.63, 3.8) is 0 Å². The molecule has 2 heterocycles. The molecule has 5 nitrogen and oxygen atoms in total. The third-order valence-corrected chi connectivity index (χ3v) is 5.17. The van der Waals surface area contributed by atoms with Crippen LogP contribution >= 0.6 is 23.2 Å². The van der Waals surface area contributed by atoms with E-state index in [1.54, 1.807) is 50.5 Å². The molecule has 0 aliphatic carbocycles. The molecule has 0 spiro atoms. The third kappa shape index (κ3) is 3.70. The van der Waals surface area contributed by atoms with Crippen molar-refractivity contribution in [2.45, 2.75) is 26.4 Å². The number of aliphatic hydroxyl groups excluding tert-OH is 1. The van der Waals surface area contributed by atoms with Gasteiger partial charge in [0.25, 0.3) is 5.91 Å². The maximum Gasteiger partial charge on any atom is 0.290 e. The number of Topliss-reactive ketones (excluding diaryl/α,β-unsaturated/α-hetero) is 1. The topological polar surface area (TPSA) is 70.5 Å². The summed E-state index contributed by atoms with van der Waals surface area (Å²) in [5.41, 5.74) is 1.47. The number of carbonyl (C=O) groups is 2. The van der Waals surface area contributed by atoms with Crippen molar-refractivity contribution in [1.82, 2.24) is 9.88 Å². The Kier molecular flexibility index (Phi) is 5.53. The Morgan fingerprint density at radius 1 is 1.26 bits per heavy atom. The van der Waals surface area contributed by atoms with Gasteiger partial charge >= 0.3 is 0 Å². The molecular weight excluding hydrogens is 387 g/mol. The van der Waals surface area contributed by atoms with Crippen molar-refractivity contribution in [3.8, 4) is 0 Å². The Morgan fingerprint density at radius 2 is 2.00 bits per heavy atom. The van der Waals surface area contributed by atoms with Crippen molar-refractivity contribution in [3.05, 3.63) is 75.2 Å². The molecule has 0 saturated heterocycles. The number of carbonyl (C=O) groups excluding carboxylic acids is 2. The van der Waals surface area contributed by atoms with Gasteiger partial charge in [0.1, 0.15) is 0 Å². The lowest BCUT2D eigenvalue weighted by molar-refractivity contribution is -0.130. The highest BCUT2D eigenvalue weighted by molar-refractivity contribution is 6.42. The SMILES string of the molecule is CC(C)C(=O)C1=C(O)C(=O)N(Cc2cccnc2)C1c1ccc(Cl)c(Cl)c1. The Hall–Kier alpha value is -2.37. The van der Waals surface area contributed by atoms with Crippen LogP contribution in [0.25, 0.3) is 0 Å². The van der Waals surface area contributed by atoms with Crippen LogP contribution < -0.4 is 0 Å². The minimum absolute atomic E-state index is 0.0808. The lowest BCUT2D eigenvalue weighted by Crippen LogP contribution is -2.31. The average Bonchev–Trinajstić information content (AvgIpc) is 2.89. The number of amides is 1. The number of halogens is 2. The van der Waals surface area contributed by atoms with Gasteiger partial charge in [-0.05, 0) is 29.3 Å². The van der Waals surface area contributed by atoms with Gasteiger partial charge in [-0.25, -0.2) is 0 Å². The second-order valence-corrected chi connectivity index (χ2v) is 7.47. The number of hydrogen-bond acceptors (Lipinski definition) is 4. The van der Waals surface area contributed by atoms with Crippen LogP contribution in [0.15, 0.2) is 54.1 Å². The number of aliphatic hydroxyl groups is 1. The lowest BCUT2D eigenvalue weighted by Gasteiger charge is -2.27. The van der Waals surface area contributed by atoms with Crippen LogP contribution in [0.3, 0.4) is 0 Å². The fraction of sp³-hybridized carbons (Fsp3) is 0.250. The van der Waals surface area contributed by atoms with E-state index in [4.69, 9.17) is 23.2 Å². The van der Waals surface area contributed by atoms with E-state index in [1.165, 1.54) is 4.90 Å². The molecule has 0 radical (unpaired) electrons. The second-order valence-electron chi connectivity index (χ2n) is 6.65. The number of ketones is 1. The third-order valence-electron chi connectivity index (χ3n) is 4.43. The molecule has 7 heteroatoms. The summed E-state index contributed by atoms with van der Waals surface area (Å²) in [6, 6.07) is 7.77. The van der Waals surface area contributed by atoms with E-state index in [-0.39, 0.29) is 23.8 Å². The standard InChI is InChI=1S/C20H18Cl2N2O3/c1-11(2)18(25)16-17(13-5-6-14(21)15(22)8-13)24(20(27)19(16)26)10-12-4-3-7-23-9-12/h3-9,11,17,26H,10H2,1-2H3. The van der Waals surface area contributed by atoms with E-state index in [1.807, 2.05) is 6.07 Å². The fourth-order valence-corrected chi connectivity index (χ4v) is 3.40. The lowest BCUT2D eigenvalue weighted by atomic mass is 9.91. The van der Waals surface area contributed by atoms with Crippen LogP contribution in [0.4, 0.5) is 0 Å². The van der Waals surface area contributed by atoms with Crippen molar-refractivity contribution in [1.29, 1.82) is 0 Å². The van der Waals surface area contributed by atoms with Crippen molar-refractivity contribution < 1.29 is 14.7 Å². The summed E-state index contributed by atoms with van der Waals surface area (Å²) in [7, 11) is 0. The van der Waals surface area contributed by atoms with E-state index in [9.17, 15) is 14.7 Å². The number of rotatable bonds is 5. The van der Waals surface area contributed by atoms with E-state index >= 15 is 0 Å². The molecule has 1 aromatic carbocycles. The quantitative estimate of drug-likeness (QED) is 0.795. The molecule has 2 aromatic rings. The van der Waals surface area contributed by atoms with E-state index in [0.717, 1.165) is 5.56 Å². The highest BCUT2D eigenvalue weighted by Crippen LogP contribution is 2.41. The van der Waals surface area contributed by atoms with Gasteiger partial charge < -0.3 is 10.0 Å². The minimum Gasteiger partial charge on any atom is -0.503 e. The Bertz CT molecular complexity index is 926. The molecule has 1 N–H and O–H groups in total. The molecule has 3 rings (SSSR count). The molecule has 1 unspecified atom stereocenters. The maximum absolute atomic E-state index is 12.8. The molecule has 1 aliphatic heterocycles. The number of pyridine rings is 1. The summed E-state index contributed by atoms with van der Waals surface area (Å²) < 4.78 is 0. The molecule has 140 valence electrons. The number of hydrogen-bond donors (Lipinski definition) is 1. The predicted molar refractivity (Wildman–Crippen MR) is 103 cm³/mol. The molecule has 27 heavy (non-hydrogen) atoms. The molecule has 0 saturated carbocycles. The fourth-order valence-electron chi connectivity index (χ4n) is 3.10. The Morgan fingerprint density at radius 3 is 2.59 bits per heavy atom. The van der Waals surface area contributed by atoms with Gasteiger partial charge in [-0.2, -0.15) is 0 Å². The normalized spacial score (nSPS) is 17.1. The first-order valence-corrected chi connectivity index (χ1v) is 9.19. The summed E-state index contributed by atoms with van der Waals surface area (Å²) >= 11 is 12.2. The summed E-state index contributed by atoms with van der Waals surface area (Å²) in [6.07, 6.45) is 3.27. The minimum atomic E-state index is -0.748. The summed E-state index contributed by atoms with van der Waals surface area (Å²) in [4.78, 5) is 31.0. The van der Waals surface area contributed by atoms with Crippen LogP contribution in [0.5, 0.6) is 0 Å². The first-order chi connectivity index (χ1) is 12.8. The van der Waals surface area contributed by atoms with Crippen LogP contribution in [0, 0.1) is 5.92 Å². The number of nitrogens with zero attached hydrogens (tertiary/aromatic N) is 2. The van der Waals surface area contributed by atoms with Crippen molar-refractivity contribution >= 4 is 34.9 Å². The molecule has 0 bridgehead atoms. The van der Waals surface area contributed by atoms with E-state index < -0.39 is 17.7 Å². The van der Waals surface area contributed by atoms with E-state index in [0.29, 0.717) is 15.6 Å². The van der Waals surface area contributed by atoms with Crippen LogP contribution in [-0.4, -0.2) is 26.7 Å². The second kappa shape index (κ2) is 7.71. The van der Waals surface area contributed by atoms with Gasteiger partial charge in [-0.1, -0.05) is 49.2 Å². The van der Waals surface area contributed by atoms with Gasteiger partial charge in [0, 0.05) is 24.9 Å². The first-order valence-electron chi connectivity index (χ1n) is 8.43. The van der Waals surface area contributed by atoms with E-state index in [2.05, 4.69) is 4.98 Å². The van der Waals surface area contributed by atoms with Gasteiger partial charge in [0.15, 0.2) is 11.5 Å². The zero-order chi connectivity index (χ0) is 19.7. The summed E-state index contributed by atoms with van der Waals surface area (Å²) in [5.74, 6) is -1.78. The van der Waals surface area contributed by atoms with Gasteiger partial charge in [-0.3, -0.25) is 14.6 Å². The highest BCUT2D eigenvalue weighted by atomic mass is 35.5. The van der Waals surface area contributed by atoms with Crippen LogP contribution in [0.1, 0.15) is 31.0 Å². The molecule has 1 aromatic heterocycles. The van der Waals surface area contributed by atoms with Crippen LogP contribution in [0.2, 0.25) is 10.0 Å². The van der Waals surface area contributed by atoms with Crippen LogP contribution in [-0.2, 0) is 16.1 Å². The number of aromatic nitrogens is 1. The average molecular weight is 405 g/mol. The Balaban J connectivity index is 2.10. The molecule has 1 atom stereocenters. The largest absolute Gasteiger partial charge is 0.503 e. The first kappa shape index (κ1) is 19.4. The molecule has 0 fully saturated rings. The van der Waals surface area contributed by atoms with Crippen molar-refractivity contribution in [2.24, 2.45) is 5.92 Å². The molecule has 1 aliphatic rings. The zero-order valence-electron chi connectivity index (χ0n) is 14.8. The Labute approximate surface area is 167 Å². The predicted octanol–water partition coefficient (Wildman–Crippen LogP) is 4.51. The van der Waals surface area contributed by atoms with Gasteiger partial charge in [0.2, 0.25) is 0 Å². The smallest absolute Gasteiger partial charge is 0.290 e. The maximum atomic E-state index is 12.8. The summed E-state index contributed by atoms with van der Waals surface area (Å²) in [5, 5.41) is 11.2.